The van der Waals surface area contributed by atoms with Gasteiger partial charge in [0.05, 0.1) is 16.8 Å². The van der Waals surface area contributed by atoms with E-state index in [1.165, 1.54) is 6.07 Å². The number of nitrogens with one attached hydrogen (secondary N) is 1. The number of aromatic carboxylic acids is 1. The summed E-state index contributed by atoms with van der Waals surface area (Å²) in [6.07, 6.45) is 0. The van der Waals surface area contributed by atoms with Crippen LogP contribution in [-0.2, 0) is 0 Å². The van der Waals surface area contributed by atoms with E-state index in [0.717, 1.165) is 30.3 Å². The molecule has 108 valence electrons. The maximum absolute atomic E-state index is 13.6. The second-order valence-electron chi connectivity index (χ2n) is 4.07. The summed E-state index contributed by atoms with van der Waals surface area (Å²) in [5.74, 6) is -3.89. The van der Waals surface area contributed by atoms with Gasteiger partial charge in [0, 0.05) is 5.02 Å². The molecule has 0 aromatic heterocycles. The summed E-state index contributed by atoms with van der Waals surface area (Å²) in [6, 6.07) is 6.28. The predicted molar refractivity (Wildman–Crippen MR) is 72.7 cm³/mol. The highest BCUT2D eigenvalue weighted by molar-refractivity contribution is 6.30. The molecule has 0 aliphatic heterocycles. The van der Waals surface area contributed by atoms with Crippen LogP contribution in [0.4, 0.5) is 14.5 Å². The van der Waals surface area contributed by atoms with Gasteiger partial charge in [0.15, 0.2) is 0 Å². The van der Waals surface area contributed by atoms with Gasteiger partial charge in [-0.1, -0.05) is 11.6 Å². The van der Waals surface area contributed by atoms with Crippen molar-refractivity contribution in [2.24, 2.45) is 0 Å². The van der Waals surface area contributed by atoms with Gasteiger partial charge in [-0.05, 0) is 36.4 Å². The Labute approximate surface area is 123 Å². The minimum absolute atomic E-state index is 0.122. The van der Waals surface area contributed by atoms with Crippen molar-refractivity contribution < 1.29 is 23.5 Å². The standard InChI is InChI=1S/C14H8ClF2NO3/c15-7-1-3-9(11(17)5-7)13(19)18-12-4-2-8(16)6-10(12)14(20)21/h1-6H,(H,18,19)(H,20,21). The smallest absolute Gasteiger partial charge is 0.337 e. The zero-order valence-electron chi connectivity index (χ0n) is 10.4. The molecule has 0 heterocycles. The van der Waals surface area contributed by atoms with Gasteiger partial charge in [0.1, 0.15) is 11.6 Å². The van der Waals surface area contributed by atoms with Crippen LogP contribution in [-0.4, -0.2) is 17.0 Å². The summed E-state index contributed by atoms with van der Waals surface area (Å²) in [6.45, 7) is 0. The number of hydrogen-bond acceptors (Lipinski definition) is 2. The second-order valence-corrected chi connectivity index (χ2v) is 4.51. The first kappa shape index (κ1) is 14.9. The zero-order valence-corrected chi connectivity index (χ0v) is 11.1. The van der Waals surface area contributed by atoms with E-state index in [1.807, 2.05) is 0 Å². The molecule has 7 heteroatoms. The number of carbonyl (C=O) groups is 2. The molecule has 2 rings (SSSR count). The first-order valence-electron chi connectivity index (χ1n) is 5.67. The van der Waals surface area contributed by atoms with Gasteiger partial charge in [-0.15, -0.1) is 0 Å². The Balaban J connectivity index is 2.34. The molecule has 0 atom stereocenters. The number of halogens is 3. The van der Waals surface area contributed by atoms with Gasteiger partial charge in [0.2, 0.25) is 0 Å². The minimum Gasteiger partial charge on any atom is -0.478 e. The lowest BCUT2D eigenvalue weighted by Gasteiger charge is -2.09. The van der Waals surface area contributed by atoms with E-state index < -0.39 is 29.1 Å². The molecule has 0 saturated carbocycles. The Morgan fingerprint density at radius 2 is 1.76 bits per heavy atom. The molecule has 21 heavy (non-hydrogen) atoms. The lowest BCUT2D eigenvalue weighted by atomic mass is 10.1. The SMILES string of the molecule is O=C(Nc1ccc(F)cc1C(=O)O)c1ccc(Cl)cc1F. The number of hydrogen-bond donors (Lipinski definition) is 2. The Hall–Kier alpha value is -2.47. The molecule has 2 N–H and O–H groups in total. The van der Waals surface area contributed by atoms with Gasteiger partial charge in [-0.3, -0.25) is 4.79 Å². The lowest BCUT2D eigenvalue weighted by Crippen LogP contribution is -2.16. The highest BCUT2D eigenvalue weighted by Gasteiger charge is 2.17. The number of rotatable bonds is 3. The van der Waals surface area contributed by atoms with Crippen molar-refractivity contribution in [1.82, 2.24) is 0 Å². The van der Waals surface area contributed by atoms with Crippen molar-refractivity contribution in [3.63, 3.8) is 0 Å². The molecule has 0 saturated heterocycles. The molecule has 1 amide bonds. The normalized spacial score (nSPS) is 10.2. The largest absolute Gasteiger partial charge is 0.478 e. The maximum atomic E-state index is 13.6. The van der Waals surface area contributed by atoms with E-state index in [9.17, 15) is 18.4 Å². The molecular weight excluding hydrogens is 304 g/mol. The van der Waals surface area contributed by atoms with Gasteiger partial charge >= 0.3 is 5.97 Å². The third-order valence-electron chi connectivity index (χ3n) is 2.64. The lowest BCUT2D eigenvalue weighted by molar-refractivity contribution is 0.0697. The molecule has 0 radical (unpaired) electrons. The van der Waals surface area contributed by atoms with Crippen LogP contribution in [0.25, 0.3) is 0 Å². The summed E-state index contributed by atoms with van der Waals surface area (Å²) in [5.41, 5.74) is -0.874. The molecule has 2 aromatic rings. The molecule has 0 aliphatic carbocycles. The van der Waals surface area contributed by atoms with Crippen molar-refractivity contribution in [1.29, 1.82) is 0 Å². The average Bonchev–Trinajstić information content (AvgIpc) is 2.40. The van der Waals surface area contributed by atoms with Crippen LogP contribution < -0.4 is 5.32 Å². The van der Waals surface area contributed by atoms with Crippen LogP contribution >= 0.6 is 11.6 Å². The number of carboxylic acid groups (broad SMARTS) is 1. The molecule has 0 fully saturated rings. The van der Waals surface area contributed by atoms with Crippen LogP contribution in [0, 0.1) is 11.6 Å². The third kappa shape index (κ3) is 3.35. The summed E-state index contributed by atoms with van der Waals surface area (Å²) in [4.78, 5) is 22.9. The van der Waals surface area contributed by atoms with Gasteiger partial charge in [-0.25, -0.2) is 13.6 Å². The number of carboxylic acids is 1. The van der Waals surface area contributed by atoms with Crippen LogP contribution in [0.5, 0.6) is 0 Å². The molecule has 0 unspecified atom stereocenters. The van der Waals surface area contributed by atoms with E-state index in [1.54, 1.807) is 0 Å². The number of anilines is 1. The second kappa shape index (κ2) is 5.88. The monoisotopic (exact) mass is 311 g/mol. The first-order valence-corrected chi connectivity index (χ1v) is 6.05. The molecule has 4 nitrogen and oxygen atoms in total. The van der Waals surface area contributed by atoms with E-state index >= 15 is 0 Å². The summed E-state index contributed by atoms with van der Waals surface area (Å²) in [7, 11) is 0. The van der Waals surface area contributed by atoms with E-state index in [-0.39, 0.29) is 16.3 Å². The number of amides is 1. The fourth-order valence-electron chi connectivity index (χ4n) is 1.67. The highest BCUT2D eigenvalue weighted by atomic mass is 35.5. The van der Waals surface area contributed by atoms with Crippen LogP contribution in [0.2, 0.25) is 5.02 Å². The van der Waals surface area contributed by atoms with Gasteiger partial charge in [-0.2, -0.15) is 0 Å². The molecular formula is C14H8ClF2NO3. The Morgan fingerprint density at radius 1 is 1.05 bits per heavy atom. The van der Waals surface area contributed by atoms with E-state index in [0.29, 0.717) is 0 Å². The summed E-state index contributed by atoms with van der Waals surface area (Å²) < 4.78 is 26.6. The summed E-state index contributed by atoms with van der Waals surface area (Å²) in [5, 5.41) is 11.3. The fraction of sp³-hybridized carbons (Fsp3) is 0. The predicted octanol–water partition coefficient (Wildman–Crippen LogP) is 3.57. The fourth-order valence-corrected chi connectivity index (χ4v) is 1.82. The van der Waals surface area contributed by atoms with Crippen molar-refractivity contribution in [3.8, 4) is 0 Å². The highest BCUT2D eigenvalue weighted by Crippen LogP contribution is 2.20. The molecule has 2 aromatic carbocycles. The Morgan fingerprint density at radius 3 is 2.38 bits per heavy atom. The van der Waals surface area contributed by atoms with Crippen molar-refractivity contribution >= 4 is 29.2 Å². The summed E-state index contributed by atoms with van der Waals surface area (Å²) >= 11 is 5.57. The molecule has 0 aliphatic rings. The van der Waals surface area contributed by atoms with E-state index in [2.05, 4.69) is 5.32 Å². The van der Waals surface area contributed by atoms with Gasteiger partial charge in [0.25, 0.3) is 5.91 Å². The maximum Gasteiger partial charge on any atom is 0.337 e. The first-order chi connectivity index (χ1) is 9.88. The number of carbonyl (C=O) groups excluding carboxylic acids is 1. The van der Waals surface area contributed by atoms with Crippen molar-refractivity contribution in [2.45, 2.75) is 0 Å². The van der Waals surface area contributed by atoms with Crippen molar-refractivity contribution in [3.05, 3.63) is 64.2 Å². The van der Waals surface area contributed by atoms with E-state index in [4.69, 9.17) is 16.7 Å². The van der Waals surface area contributed by atoms with Crippen LogP contribution in [0.15, 0.2) is 36.4 Å². The van der Waals surface area contributed by atoms with Crippen LogP contribution in [0.3, 0.4) is 0 Å². The molecule has 0 spiro atoms. The van der Waals surface area contributed by atoms with Gasteiger partial charge < -0.3 is 10.4 Å². The Kier molecular flexibility index (Phi) is 4.18. The Bertz CT molecular complexity index is 734. The van der Waals surface area contributed by atoms with Crippen molar-refractivity contribution in [2.75, 3.05) is 5.32 Å². The quantitative estimate of drug-likeness (QED) is 0.910. The zero-order chi connectivity index (χ0) is 15.6. The minimum atomic E-state index is -1.42. The number of benzene rings is 2. The third-order valence-corrected chi connectivity index (χ3v) is 2.87. The molecule has 0 bridgehead atoms. The van der Waals surface area contributed by atoms with Crippen LogP contribution in [0.1, 0.15) is 20.7 Å². The average molecular weight is 312 g/mol. The topological polar surface area (TPSA) is 66.4 Å².